The fraction of sp³-hybridized carbons (Fsp3) is 0.636. The minimum atomic E-state index is -1.16. The van der Waals surface area contributed by atoms with Crippen LogP contribution >= 0.6 is 0 Å². The van der Waals surface area contributed by atoms with E-state index in [0.717, 1.165) is 0 Å². The second kappa shape index (κ2) is 4.01. The van der Waals surface area contributed by atoms with E-state index in [1.54, 1.807) is 6.92 Å². The minimum Gasteiger partial charge on any atom is -0.393 e. The molecule has 1 unspecified atom stereocenters. The van der Waals surface area contributed by atoms with Gasteiger partial charge in [-0.05, 0) is 6.92 Å². The number of rotatable bonds is 2. The number of aromatic nitrogens is 2. The molecule has 3 rings (SSSR count). The molecule has 0 saturated carbocycles. The van der Waals surface area contributed by atoms with E-state index in [9.17, 15) is 15.0 Å². The number of hydrogen-bond donors (Lipinski definition) is 3. The number of nitrogens with zero attached hydrogens (tertiary/aromatic N) is 2. The van der Waals surface area contributed by atoms with Crippen molar-refractivity contribution in [3.8, 4) is 0 Å². The number of fused-ring (bicyclic) bond motifs is 2. The summed E-state index contributed by atoms with van der Waals surface area (Å²) in [6, 6.07) is 0. The van der Waals surface area contributed by atoms with Gasteiger partial charge < -0.3 is 25.4 Å². The average Bonchev–Trinajstić information content (AvgIpc) is 2.85. The van der Waals surface area contributed by atoms with Gasteiger partial charge in [0.2, 0.25) is 0 Å². The first-order valence-electron chi connectivity index (χ1n) is 5.92. The van der Waals surface area contributed by atoms with E-state index in [-0.39, 0.29) is 19.0 Å². The molecule has 2 saturated heterocycles. The van der Waals surface area contributed by atoms with Crippen molar-refractivity contribution in [2.75, 3.05) is 18.9 Å². The van der Waals surface area contributed by atoms with Crippen molar-refractivity contribution in [1.82, 2.24) is 9.55 Å². The SMILES string of the molecule is Cc1cn([C@@H]2O[C@@]3(CO)COC2[C@@H]3O)c(=O)nc1N. The second-order valence-electron chi connectivity index (χ2n) is 4.95. The Hall–Kier alpha value is -1.48. The first kappa shape index (κ1) is 12.5. The molecule has 1 aromatic rings. The van der Waals surface area contributed by atoms with Gasteiger partial charge in [0.05, 0.1) is 13.2 Å². The summed E-state index contributed by atoms with van der Waals surface area (Å²) >= 11 is 0. The highest BCUT2D eigenvalue weighted by Gasteiger charge is 2.61. The van der Waals surface area contributed by atoms with Gasteiger partial charge in [0, 0.05) is 11.8 Å². The van der Waals surface area contributed by atoms with Gasteiger partial charge in [-0.2, -0.15) is 4.98 Å². The third-order valence-corrected chi connectivity index (χ3v) is 3.72. The molecule has 19 heavy (non-hydrogen) atoms. The van der Waals surface area contributed by atoms with Crippen molar-refractivity contribution in [3.05, 3.63) is 22.2 Å². The standard InChI is InChI=1S/C11H15N3O5/c1-5-2-14(10(17)13-8(5)12)9-6-7(16)11(3-15,19-9)4-18-6/h2,6-7,9,15-16H,3-4H2,1H3,(H2,12,13,17)/t6?,7-,9+,11-/m0/s1. The lowest BCUT2D eigenvalue weighted by molar-refractivity contribution is -0.187. The van der Waals surface area contributed by atoms with Crippen LogP contribution in [-0.2, 0) is 9.47 Å². The highest BCUT2D eigenvalue weighted by Crippen LogP contribution is 2.44. The van der Waals surface area contributed by atoms with Gasteiger partial charge in [0.1, 0.15) is 23.6 Å². The van der Waals surface area contributed by atoms with Crippen LogP contribution in [0.25, 0.3) is 0 Å². The van der Waals surface area contributed by atoms with Gasteiger partial charge in [-0.3, -0.25) is 4.57 Å². The summed E-state index contributed by atoms with van der Waals surface area (Å²) in [6.07, 6.45) is -0.978. The maximum Gasteiger partial charge on any atom is 0.351 e. The Kier molecular flexibility index (Phi) is 2.65. The molecule has 104 valence electrons. The number of nitrogens with two attached hydrogens (primary N) is 1. The fourth-order valence-electron chi connectivity index (χ4n) is 2.52. The third-order valence-electron chi connectivity index (χ3n) is 3.72. The van der Waals surface area contributed by atoms with Crippen molar-refractivity contribution in [2.45, 2.75) is 31.0 Å². The molecule has 2 aliphatic rings. The molecule has 0 amide bonds. The van der Waals surface area contributed by atoms with Crippen molar-refractivity contribution >= 4 is 5.82 Å². The molecule has 4 atom stereocenters. The Labute approximate surface area is 108 Å². The predicted molar refractivity (Wildman–Crippen MR) is 63.3 cm³/mol. The highest BCUT2D eigenvalue weighted by atomic mass is 16.7. The molecule has 0 radical (unpaired) electrons. The number of ether oxygens (including phenoxy) is 2. The molecule has 8 nitrogen and oxygen atoms in total. The molecule has 2 fully saturated rings. The maximum atomic E-state index is 11.8. The van der Waals surface area contributed by atoms with Crippen LogP contribution in [0, 0.1) is 6.92 Å². The zero-order chi connectivity index (χ0) is 13.8. The van der Waals surface area contributed by atoms with E-state index >= 15 is 0 Å². The van der Waals surface area contributed by atoms with Gasteiger partial charge in [0.15, 0.2) is 6.23 Å². The molecule has 3 heterocycles. The molecule has 0 spiro atoms. The summed E-state index contributed by atoms with van der Waals surface area (Å²) in [5.74, 6) is 0.155. The van der Waals surface area contributed by atoms with Gasteiger partial charge in [-0.25, -0.2) is 4.79 Å². The largest absolute Gasteiger partial charge is 0.393 e. The van der Waals surface area contributed by atoms with Crippen molar-refractivity contribution in [1.29, 1.82) is 0 Å². The quantitative estimate of drug-likeness (QED) is 0.576. The Balaban J connectivity index is 2.02. The molecule has 2 aliphatic heterocycles. The Bertz CT molecular complexity index is 574. The zero-order valence-electron chi connectivity index (χ0n) is 10.3. The van der Waals surface area contributed by atoms with Crippen LogP contribution in [0.4, 0.5) is 5.82 Å². The van der Waals surface area contributed by atoms with Gasteiger partial charge in [0.25, 0.3) is 0 Å². The number of aliphatic hydroxyl groups excluding tert-OH is 2. The lowest BCUT2D eigenvalue weighted by Gasteiger charge is -2.29. The van der Waals surface area contributed by atoms with E-state index in [1.807, 2.05) is 0 Å². The first-order chi connectivity index (χ1) is 8.98. The highest BCUT2D eigenvalue weighted by molar-refractivity contribution is 5.35. The normalized spacial score (nSPS) is 36.9. The maximum absolute atomic E-state index is 11.8. The van der Waals surface area contributed by atoms with Crippen molar-refractivity contribution in [3.63, 3.8) is 0 Å². The Morgan fingerprint density at radius 2 is 2.42 bits per heavy atom. The number of hydrogen-bond acceptors (Lipinski definition) is 7. The minimum absolute atomic E-state index is 0.0992. The molecule has 2 bridgehead atoms. The summed E-state index contributed by atoms with van der Waals surface area (Å²) in [7, 11) is 0. The molecule has 0 aliphatic carbocycles. The van der Waals surface area contributed by atoms with Crippen LogP contribution in [0.3, 0.4) is 0 Å². The van der Waals surface area contributed by atoms with Crippen LogP contribution in [-0.4, -0.2) is 50.8 Å². The third kappa shape index (κ3) is 1.61. The molecule has 0 aromatic carbocycles. The summed E-state index contributed by atoms with van der Waals surface area (Å²) in [4.78, 5) is 15.5. The number of aliphatic hydroxyl groups is 2. The molecule has 8 heteroatoms. The predicted octanol–water partition coefficient (Wildman–Crippen LogP) is -1.85. The van der Waals surface area contributed by atoms with E-state index < -0.39 is 29.7 Å². The lowest BCUT2D eigenvalue weighted by Crippen LogP contribution is -2.44. The van der Waals surface area contributed by atoms with Crippen LogP contribution in [0.1, 0.15) is 11.8 Å². The first-order valence-corrected chi connectivity index (χ1v) is 5.92. The van der Waals surface area contributed by atoms with Crippen LogP contribution in [0.5, 0.6) is 0 Å². The number of aryl methyl sites for hydroxylation is 1. The van der Waals surface area contributed by atoms with Crippen molar-refractivity contribution < 1.29 is 19.7 Å². The zero-order valence-corrected chi connectivity index (χ0v) is 10.3. The van der Waals surface area contributed by atoms with Crippen LogP contribution < -0.4 is 11.4 Å². The Morgan fingerprint density at radius 3 is 3.05 bits per heavy atom. The van der Waals surface area contributed by atoms with Crippen molar-refractivity contribution in [2.24, 2.45) is 0 Å². The molecule has 1 aromatic heterocycles. The Morgan fingerprint density at radius 1 is 1.68 bits per heavy atom. The van der Waals surface area contributed by atoms with Gasteiger partial charge in [-0.15, -0.1) is 0 Å². The smallest absolute Gasteiger partial charge is 0.351 e. The summed E-state index contributed by atoms with van der Waals surface area (Å²) in [5, 5.41) is 19.4. The fourth-order valence-corrected chi connectivity index (χ4v) is 2.52. The second-order valence-corrected chi connectivity index (χ2v) is 4.95. The number of anilines is 1. The monoisotopic (exact) mass is 269 g/mol. The summed E-state index contributed by atoms with van der Waals surface area (Å²) in [5.41, 5.74) is 4.44. The topological polar surface area (TPSA) is 120 Å². The van der Waals surface area contributed by atoms with E-state index in [1.165, 1.54) is 10.8 Å². The van der Waals surface area contributed by atoms with E-state index in [2.05, 4.69) is 4.98 Å². The molecular formula is C11H15N3O5. The molecule has 4 N–H and O–H groups in total. The number of nitrogen functional groups attached to an aromatic ring is 1. The summed E-state index contributed by atoms with van der Waals surface area (Å²) < 4.78 is 12.3. The van der Waals surface area contributed by atoms with Crippen LogP contribution in [0.15, 0.2) is 11.0 Å². The average molecular weight is 269 g/mol. The summed E-state index contributed by atoms with van der Waals surface area (Å²) in [6.45, 7) is 1.43. The van der Waals surface area contributed by atoms with Crippen LogP contribution in [0.2, 0.25) is 0 Å². The molecular weight excluding hydrogens is 254 g/mol. The van der Waals surface area contributed by atoms with E-state index in [4.69, 9.17) is 15.2 Å². The lowest BCUT2D eigenvalue weighted by atomic mass is 10.0. The van der Waals surface area contributed by atoms with E-state index in [0.29, 0.717) is 5.56 Å². The van der Waals surface area contributed by atoms with Gasteiger partial charge in [-0.1, -0.05) is 0 Å². The van der Waals surface area contributed by atoms with Gasteiger partial charge >= 0.3 is 5.69 Å².